The van der Waals surface area contributed by atoms with E-state index in [9.17, 15) is 23.2 Å². The van der Waals surface area contributed by atoms with Crippen LogP contribution in [0, 0.1) is 11.6 Å². The van der Waals surface area contributed by atoms with Gasteiger partial charge in [0, 0.05) is 18.2 Å². The fourth-order valence-corrected chi connectivity index (χ4v) is 2.34. The highest BCUT2D eigenvalue weighted by Gasteiger charge is 2.26. The first-order chi connectivity index (χ1) is 13.3. The van der Waals surface area contributed by atoms with E-state index in [0.717, 1.165) is 23.8 Å². The van der Waals surface area contributed by atoms with E-state index in [1.54, 1.807) is 30.3 Å². The summed E-state index contributed by atoms with van der Waals surface area (Å²) >= 11 is 0. The zero-order chi connectivity index (χ0) is 20.7. The number of anilines is 1. The molecule has 148 valence electrons. The monoisotopic (exact) mass is 391 g/mol. The summed E-state index contributed by atoms with van der Waals surface area (Å²) in [7, 11) is 0. The Morgan fingerprint density at radius 3 is 2.36 bits per heavy atom. The first-order valence-corrected chi connectivity index (χ1v) is 8.32. The maximum Gasteiger partial charge on any atom is 0.329 e. The van der Waals surface area contributed by atoms with Crippen molar-refractivity contribution in [2.24, 2.45) is 5.73 Å². The number of urea groups is 1. The average Bonchev–Trinajstić information content (AvgIpc) is 2.64. The van der Waals surface area contributed by atoms with Gasteiger partial charge < -0.3 is 21.1 Å². The number of nitrogens with two attached hydrogens (primary N) is 1. The summed E-state index contributed by atoms with van der Waals surface area (Å²) in [6.07, 6.45) is -1.14. The third-order valence-electron chi connectivity index (χ3n) is 3.73. The predicted octanol–water partition coefficient (Wildman–Crippen LogP) is 2.11. The number of rotatable bonds is 7. The summed E-state index contributed by atoms with van der Waals surface area (Å²) in [5.41, 5.74) is 5.85. The zero-order valence-electron chi connectivity index (χ0n) is 14.9. The molecule has 2 atom stereocenters. The molecule has 0 aromatic heterocycles. The lowest BCUT2D eigenvalue weighted by molar-refractivity contribution is -0.155. The number of esters is 1. The molecule has 0 fully saturated rings. The van der Waals surface area contributed by atoms with Crippen LogP contribution in [0.3, 0.4) is 0 Å². The van der Waals surface area contributed by atoms with E-state index in [0.29, 0.717) is 0 Å². The van der Waals surface area contributed by atoms with Gasteiger partial charge in [0.05, 0.1) is 0 Å². The van der Waals surface area contributed by atoms with Crippen LogP contribution in [0.25, 0.3) is 0 Å². The molecule has 9 heteroatoms. The summed E-state index contributed by atoms with van der Waals surface area (Å²) in [6.45, 7) is 1.30. The van der Waals surface area contributed by atoms with Crippen LogP contribution in [0.2, 0.25) is 0 Å². The summed E-state index contributed by atoms with van der Waals surface area (Å²) in [6, 6.07) is 9.63. The van der Waals surface area contributed by atoms with Gasteiger partial charge in [-0.15, -0.1) is 0 Å². The molecule has 0 unspecified atom stereocenters. The fourth-order valence-electron chi connectivity index (χ4n) is 2.34. The van der Waals surface area contributed by atoms with Crippen LogP contribution >= 0.6 is 0 Å². The molecule has 28 heavy (non-hydrogen) atoms. The second-order valence-corrected chi connectivity index (χ2v) is 5.95. The van der Waals surface area contributed by atoms with Gasteiger partial charge in [-0.05, 0) is 24.6 Å². The van der Waals surface area contributed by atoms with E-state index in [1.807, 2.05) is 0 Å². The number of amides is 3. The summed E-state index contributed by atoms with van der Waals surface area (Å²) in [5.74, 6) is -3.80. The molecule has 0 aliphatic rings. The van der Waals surface area contributed by atoms with Gasteiger partial charge in [0.2, 0.25) is 0 Å². The second-order valence-electron chi connectivity index (χ2n) is 5.95. The molecule has 0 aliphatic heterocycles. The second kappa shape index (κ2) is 9.45. The van der Waals surface area contributed by atoms with Gasteiger partial charge in [-0.25, -0.2) is 18.4 Å². The Kier molecular flexibility index (Phi) is 7.02. The Balaban J connectivity index is 2.00. The lowest BCUT2D eigenvalue weighted by Gasteiger charge is -2.19. The van der Waals surface area contributed by atoms with Crippen molar-refractivity contribution < 1.29 is 27.9 Å². The minimum Gasteiger partial charge on any atom is -0.451 e. The lowest BCUT2D eigenvalue weighted by Crippen LogP contribution is -2.47. The normalized spacial score (nSPS) is 12.5. The minimum absolute atomic E-state index is 0.00268. The molecule has 2 rings (SSSR count). The first kappa shape index (κ1) is 20.8. The van der Waals surface area contributed by atoms with Crippen LogP contribution in [0.1, 0.15) is 12.5 Å². The lowest BCUT2D eigenvalue weighted by atomic mass is 10.1. The van der Waals surface area contributed by atoms with Crippen LogP contribution in [0.5, 0.6) is 0 Å². The van der Waals surface area contributed by atoms with Gasteiger partial charge in [0.1, 0.15) is 6.04 Å². The molecule has 0 saturated heterocycles. The number of nitrogens with one attached hydrogen (secondary N) is 2. The van der Waals surface area contributed by atoms with Crippen molar-refractivity contribution in [1.29, 1.82) is 0 Å². The molecule has 7 nitrogen and oxygen atoms in total. The van der Waals surface area contributed by atoms with Gasteiger partial charge in [0.15, 0.2) is 17.7 Å². The molecular weight excluding hydrogens is 372 g/mol. The van der Waals surface area contributed by atoms with Gasteiger partial charge in [-0.1, -0.05) is 30.3 Å². The standard InChI is InChI=1S/C19H19F2N3O4/c1-11(17(25)23-13-7-8-14(20)15(21)10-13)28-18(26)16(24-19(22)27)9-12-5-3-2-4-6-12/h2-8,10-11,16H,9H2,1H3,(H,23,25)(H3,22,24,27)/t11-,16-/m0/s1. The first-order valence-electron chi connectivity index (χ1n) is 8.32. The van der Waals surface area contributed by atoms with Crippen LogP contribution in [-0.4, -0.2) is 30.1 Å². The SMILES string of the molecule is C[C@H](OC(=O)[C@H](Cc1ccccc1)NC(N)=O)C(=O)Nc1ccc(F)c(F)c1. The van der Waals surface area contributed by atoms with E-state index in [1.165, 1.54) is 6.92 Å². The number of primary amides is 1. The number of hydrogen-bond donors (Lipinski definition) is 3. The Morgan fingerprint density at radius 1 is 1.07 bits per heavy atom. The van der Waals surface area contributed by atoms with Crippen LogP contribution < -0.4 is 16.4 Å². The number of halogens is 2. The van der Waals surface area contributed by atoms with Crippen molar-refractivity contribution in [3.8, 4) is 0 Å². The molecule has 0 spiro atoms. The van der Waals surface area contributed by atoms with Crippen LogP contribution in [0.15, 0.2) is 48.5 Å². The third kappa shape index (κ3) is 6.04. The van der Waals surface area contributed by atoms with Crippen molar-refractivity contribution in [3.05, 3.63) is 65.7 Å². The van der Waals surface area contributed by atoms with Crippen molar-refractivity contribution in [2.75, 3.05) is 5.32 Å². The van der Waals surface area contributed by atoms with Gasteiger partial charge in [0.25, 0.3) is 5.91 Å². The molecule has 0 radical (unpaired) electrons. The Hall–Kier alpha value is -3.49. The topological polar surface area (TPSA) is 111 Å². The van der Waals surface area contributed by atoms with E-state index < -0.39 is 41.7 Å². The minimum atomic E-state index is -1.26. The highest BCUT2D eigenvalue weighted by atomic mass is 19.2. The number of carbonyl (C=O) groups is 3. The maximum absolute atomic E-state index is 13.2. The zero-order valence-corrected chi connectivity index (χ0v) is 14.9. The molecule has 2 aromatic carbocycles. The van der Waals surface area contributed by atoms with E-state index >= 15 is 0 Å². The Bertz CT molecular complexity index is 862. The van der Waals surface area contributed by atoms with Crippen molar-refractivity contribution in [3.63, 3.8) is 0 Å². The largest absolute Gasteiger partial charge is 0.451 e. The molecule has 4 N–H and O–H groups in total. The van der Waals surface area contributed by atoms with E-state index in [-0.39, 0.29) is 12.1 Å². The van der Waals surface area contributed by atoms with Gasteiger partial charge in [-0.2, -0.15) is 0 Å². The molecule has 0 aliphatic carbocycles. The number of benzene rings is 2. The van der Waals surface area contributed by atoms with Gasteiger partial charge in [-0.3, -0.25) is 4.79 Å². The molecule has 0 heterocycles. The Morgan fingerprint density at radius 2 is 1.75 bits per heavy atom. The number of carbonyl (C=O) groups excluding carboxylic acids is 3. The molecular formula is C19H19F2N3O4. The Labute approximate surface area is 159 Å². The molecule has 3 amide bonds. The third-order valence-corrected chi connectivity index (χ3v) is 3.73. The van der Waals surface area contributed by atoms with Crippen LogP contribution in [0.4, 0.5) is 19.3 Å². The average molecular weight is 391 g/mol. The fraction of sp³-hybridized carbons (Fsp3) is 0.211. The predicted molar refractivity (Wildman–Crippen MR) is 97.2 cm³/mol. The number of ether oxygens (including phenoxy) is 1. The summed E-state index contributed by atoms with van der Waals surface area (Å²) < 4.78 is 31.2. The maximum atomic E-state index is 13.2. The smallest absolute Gasteiger partial charge is 0.329 e. The van der Waals surface area contributed by atoms with Crippen molar-refractivity contribution in [1.82, 2.24) is 5.32 Å². The number of hydrogen-bond acceptors (Lipinski definition) is 4. The van der Waals surface area contributed by atoms with Crippen LogP contribution in [-0.2, 0) is 20.7 Å². The van der Waals surface area contributed by atoms with Crippen molar-refractivity contribution >= 4 is 23.6 Å². The van der Waals surface area contributed by atoms with E-state index in [2.05, 4.69) is 10.6 Å². The van der Waals surface area contributed by atoms with Gasteiger partial charge >= 0.3 is 12.0 Å². The molecule has 0 saturated carbocycles. The highest BCUT2D eigenvalue weighted by molar-refractivity contribution is 5.95. The highest BCUT2D eigenvalue weighted by Crippen LogP contribution is 2.14. The summed E-state index contributed by atoms with van der Waals surface area (Å²) in [5, 5.41) is 4.59. The summed E-state index contributed by atoms with van der Waals surface area (Å²) in [4.78, 5) is 35.7. The van der Waals surface area contributed by atoms with E-state index in [4.69, 9.17) is 10.5 Å². The van der Waals surface area contributed by atoms with Crippen molar-refractivity contribution in [2.45, 2.75) is 25.5 Å². The molecule has 2 aromatic rings. The molecule has 0 bridgehead atoms. The quantitative estimate of drug-likeness (QED) is 0.628.